The van der Waals surface area contributed by atoms with Gasteiger partial charge in [-0.2, -0.15) is 0 Å². The van der Waals surface area contributed by atoms with Gasteiger partial charge < -0.3 is 10.1 Å². The van der Waals surface area contributed by atoms with Crippen LogP contribution in [0.5, 0.6) is 5.75 Å². The summed E-state index contributed by atoms with van der Waals surface area (Å²) in [6.45, 7) is 2.91. The third-order valence-electron chi connectivity index (χ3n) is 2.71. The number of benzene rings is 2. The summed E-state index contributed by atoms with van der Waals surface area (Å²) < 4.78 is 20.9. The van der Waals surface area contributed by atoms with Crippen molar-refractivity contribution < 1.29 is 9.13 Å². The number of anilines is 1. The maximum absolute atomic E-state index is 13.7. The highest BCUT2D eigenvalue weighted by Gasteiger charge is 2.04. The van der Waals surface area contributed by atoms with E-state index in [-0.39, 0.29) is 11.6 Å². The van der Waals surface area contributed by atoms with Gasteiger partial charge in [-0.1, -0.05) is 6.07 Å². The number of halogens is 3. The molecule has 1 N–H and O–H groups in total. The predicted octanol–water partition coefficient (Wildman–Crippen LogP) is 5.36. The van der Waals surface area contributed by atoms with E-state index in [0.29, 0.717) is 13.2 Å². The Morgan fingerprint density at radius 3 is 2.55 bits per heavy atom. The Morgan fingerprint density at radius 2 is 1.90 bits per heavy atom. The zero-order valence-electron chi connectivity index (χ0n) is 10.9. The quantitative estimate of drug-likeness (QED) is 0.726. The molecule has 0 unspecified atom stereocenters. The Kier molecular flexibility index (Phi) is 5.43. The average molecular weight is 403 g/mol. The van der Waals surface area contributed by atoms with Crippen molar-refractivity contribution >= 4 is 37.5 Å². The van der Waals surface area contributed by atoms with Crippen LogP contribution in [-0.4, -0.2) is 6.61 Å². The lowest BCUT2D eigenvalue weighted by atomic mass is 10.2. The van der Waals surface area contributed by atoms with E-state index in [2.05, 4.69) is 37.2 Å². The van der Waals surface area contributed by atoms with Crippen molar-refractivity contribution in [2.24, 2.45) is 0 Å². The number of ether oxygens (including phenoxy) is 1. The molecule has 106 valence electrons. The minimum absolute atomic E-state index is 0.282. The van der Waals surface area contributed by atoms with Crippen LogP contribution < -0.4 is 10.1 Å². The van der Waals surface area contributed by atoms with Crippen LogP contribution in [0.2, 0.25) is 0 Å². The highest BCUT2D eigenvalue weighted by atomic mass is 79.9. The van der Waals surface area contributed by atoms with E-state index in [1.165, 1.54) is 6.07 Å². The summed E-state index contributed by atoms with van der Waals surface area (Å²) >= 11 is 6.89. The molecule has 0 heterocycles. The van der Waals surface area contributed by atoms with Crippen LogP contribution in [0.3, 0.4) is 0 Å². The predicted molar refractivity (Wildman–Crippen MR) is 86.7 cm³/mol. The minimum Gasteiger partial charge on any atom is -0.491 e. The summed E-state index contributed by atoms with van der Waals surface area (Å²) in [6, 6.07) is 10.9. The number of hydrogen-bond donors (Lipinski definition) is 1. The first kappa shape index (κ1) is 15.3. The first-order chi connectivity index (χ1) is 9.60. The first-order valence-corrected chi connectivity index (χ1v) is 7.79. The number of nitrogens with one attached hydrogen (secondary N) is 1. The van der Waals surface area contributed by atoms with Gasteiger partial charge in [0.25, 0.3) is 0 Å². The monoisotopic (exact) mass is 401 g/mol. The molecule has 0 radical (unpaired) electrons. The highest BCUT2D eigenvalue weighted by Crippen LogP contribution is 2.25. The summed E-state index contributed by atoms with van der Waals surface area (Å²) in [5, 5.41) is 3.19. The molecular weight excluding hydrogens is 389 g/mol. The molecule has 0 bridgehead atoms. The van der Waals surface area contributed by atoms with E-state index in [1.807, 2.05) is 31.2 Å². The van der Waals surface area contributed by atoms with E-state index in [4.69, 9.17) is 4.74 Å². The molecule has 0 spiro atoms. The molecule has 5 heteroatoms. The number of hydrogen-bond acceptors (Lipinski definition) is 2. The molecule has 20 heavy (non-hydrogen) atoms. The fraction of sp³-hybridized carbons (Fsp3) is 0.200. The number of rotatable bonds is 5. The molecule has 0 aliphatic carbocycles. The van der Waals surface area contributed by atoms with Gasteiger partial charge in [0.2, 0.25) is 0 Å². The molecule has 0 fully saturated rings. The molecule has 0 aromatic heterocycles. The molecule has 0 aliphatic rings. The molecule has 2 rings (SSSR count). The molecule has 2 nitrogen and oxygen atoms in total. The molecular formula is C15H14Br2FNO. The van der Waals surface area contributed by atoms with E-state index in [9.17, 15) is 4.39 Å². The summed E-state index contributed by atoms with van der Waals surface area (Å²) in [6.07, 6.45) is 0. The third-order valence-corrected chi connectivity index (χ3v) is 4.59. The molecule has 0 amide bonds. The lowest BCUT2D eigenvalue weighted by Gasteiger charge is -2.10. The normalized spacial score (nSPS) is 10.4. The van der Waals surface area contributed by atoms with Gasteiger partial charge >= 0.3 is 0 Å². The van der Waals surface area contributed by atoms with Gasteiger partial charge in [0.15, 0.2) is 11.6 Å². The SMILES string of the molecule is CCOc1ccc(NCc2ccc(Br)c(Br)c2)cc1F. The van der Waals surface area contributed by atoms with E-state index < -0.39 is 0 Å². The van der Waals surface area contributed by atoms with Crippen LogP contribution in [0.1, 0.15) is 12.5 Å². The Morgan fingerprint density at radius 1 is 1.10 bits per heavy atom. The molecule has 0 aliphatic heterocycles. The zero-order chi connectivity index (χ0) is 14.5. The fourth-order valence-electron chi connectivity index (χ4n) is 1.74. The van der Waals surface area contributed by atoms with Crippen molar-refractivity contribution in [2.45, 2.75) is 13.5 Å². The second kappa shape index (κ2) is 7.09. The lowest BCUT2D eigenvalue weighted by Crippen LogP contribution is -2.01. The van der Waals surface area contributed by atoms with Crippen molar-refractivity contribution in [3.05, 3.63) is 56.7 Å². The maximum Gasteiger partial charge on any atom is 0.167 e. The van der Waals surface area contributed by atoms with Gasteiger partial charge in [0.1, 0.15) is 0 Å². The summed E-state index contributed by atoms with van der Waals surface area (Å²) in [5.41, 5.74) is 1.83. The fourth-order valence-corrected chi connectivity index (χ4v) is 2.41. The second-order valence-corrected chi connectivity index (χ2v) is 5.89. The van der Waals surface area contributed by atoms with Crippen LogP contribution in [0.25, 0.3) is 0 Å². The van der Waals surface area contributed by atoms with Crippen LogP contribution in [0, 0.1) is 5.82 Å². The van der Waals surface area contributed by atoms with E-state index in [0.717, 1.165) is 20.2 Å². The summed E-state index contributed by atoms with van der Waals surface area (Å²) in [4.78, 5) is 0. The van der Waals surface area contributed by atoms with Gasteiger partial charge in [-0.25, -0.2) is 4.39 Å². The Balaban J connectivity index is 2.03. The van der Waals surface area contributed by atoms with Crippen molar-refractivity contribution in [3.63, 3.8) is 0 Å². The lowest BCUT2D eigenvalue weighted by molar-refractivity contribution is 0.321. The summed E-state index contributed by atoms with van der Waals surface area (Å²) in [7, 11) is 0. The van der Waals surface area contributed by atoms with Crippen LogP contribution in [0.4, 0.5) is 10.1 Å². The van der Waals surface area contributed by atoms with Crippen LogP contribution in [-0.2, 0) is 6.54 Å². The first-order valence-electron chi connectivity index (χ1n) is 6.20. The standard InChI is InChI=1S/C15H14Br2FNO/c1-2-20-15-6-4-11(8-14(15)18)19-9-10-3-5-12(16)13(17)7-10/h3-8,19H,2,9H2,1H3. The van der Waals surface area contributed by atoms with Gasteiger partial charge in [0, 0.05) is 27.2 Å². The molecule has 0 saturated carbocycles. The van der Waals surface area contributed by atoms with Crippen LogP contribution >= 0.6 is 31.9 Å². The molecule has 0 saturated heterocycles. The van der Waals surface area contributed by atoms with Crippen molar-refractivity contribution in [1.82, 2.24) is 0 Å². The van der Waals surface area contributed by atoms with Crippen LogP contribution in [0.15, 0.2) is 45.3 Å². The van der Waals surface area contributed by atoms with Gasteiger partial charge in [-0.05, 0) is 68.6 Å². The largest absolute Gasteiger partial charge is 0.491 e. The molecule has 0 atom stereocenters. The summed E-state index contributed by atoms with van der Waals surface area (Å²) in [5.74, 6) is -0.0710. The van der Waals surface area contributed by atoms with Crippen molar-refractivity contribution in [1.29, 1.82) is 0 Å². The molecule has 2 aromatic rings. The van der Waals surface area contributed by atoms with Crippen molar-refractivity contribution in [3.8, 4) is 5.75 Å². The second-order valence-electron chi connectivity index (χ2n) is 4.18. The Hall–Kier alpha value is -1.07. The van der Waals surface area contributed by atoms with Gasteiger partial charge in [0.05, 0.1) is 6.61 Å². The highest BCUT2D eigenvalue weighted by molar-refractivity contribution is 9.13. The Labute approximate surface area is 134 Å². The smallest absolute Gasteiger partial charge is 0.167 e. The van der Waals surface area contributed by atoms with Crippen molar-refractivity contribution in [2.75, 3.05) is 11.9 Å². The minimum atomic E-state index is -0.353. The molecule has 2 aromatic carbocycles. The van der Waals surface area contributed by atoms with E-state index in [1.54, 1.807) is 6.07 Å². The van der Waals surface area contributed by atoms with Gasteiger partial charge in [-0.3, -0.25) is 0 Å². The Bertz CT molecular complexity index is 604. The van der Waals surface area contributed by atoms with E-state index >= 15 is 0 Å². The topological polar surface area (TPSA) is 21.3 Å². The van der Waals surface area contributed by atoms with Gasteiger partial charge in [-0.15, -0.1) is 0 Å². The average Bonchev–Trinajstić information content (AvgIpc) is 2.43. The maximum atomic E-state index is 13.7. The third kappa shape index (κ3) is 3.96. The zero-order valence-corrected chi connectivity index (χ0v) is 14.1.